The number of amides is 1. The van der Waals surface area contributed by atoms with Gasteiger partial charge < -0.3 is 5.32 Å². The van der Waals surface area contributed by atoms with Gasteiger partial charge in [-0.1, -0.05) is 36.4 Å². The Kier molecular flexibility index (Phi) is 4.21. The molecule has 4 rings (SSSR count). The molecule has 1 amide bonds. The molecule has 0 aliphatic rings. The molecule has 0 atom stereocenters. The van der Waals surface area contributed by atoms with Crippen molar-refractivity contribution in [2.75, 3.05) is 5.32 Å². The lowest BCUT2D eigenvalue weighted by Crippen LogP contribution is -2.15. The van der Waals surface area contributed by atoms with Gasteiger partial charge in [0, 0.05) is 5.69 Å². The zero-order valence-corrected chi connectivity index (χ0v) is 13.7. The molecule has 0 radical (unpaired) electrons. The topological polar surface area (TPSA) is 90.5 Å². The summed E-state index contributed by atoms with van der Waals surface area (Å²) in [5.41, 5.74) is 2.65. The number of nitrogens with one attached hydrogen (secondary N) is 1. The van der Waals surface area contributed by atoms with Crippen LogP contribution in [0.2, 0.25) is 0 Å². The normalized spacial score (nSPS) is 10.6. The number of carbonyl (C=O) groups excluding carboxylic acids is 1. The number of hydrogen-bond acceptors (Lipinski definition) is 5. The second-order valence-corrected chi connectivity index (χ2v) is 5.56. The van der Waals surface area contributed by atoms with Gasteiger partial charge in [0.1, 0.15) is 12.7 Å². The number of benzene rings is 2. The van der Waals surface area contributed by atoms with E-state index < -0.39 is 0 Å². The van der Waals surface area contributed by atoms with Crippen LogP contribution in [-0.4, -0.2) is 35.7 Å². The summed E-state index contributed by atoms with van der Waals surface area (Å²) < 4.78 is 1.69. The molecule has 0 unspecified atom stereocenters. The molecule has 26 heavy (non-hydrogen) atoms. The number of aromatic nitrogens is 6. The molecular formula is C18H15N7O. The van der Waals surface area contributed by atoms with E-state index in [9.17, 15) is 4.79 Å². The molecule has 2 aromatic carbocycles. The Balaban J connectivity index is 1.53. The van der Waals surface area contributed by atoms with Crippen molar-refractivity contribution in [2.45, 2.75) is 6.54 Å². The molecule has 4 aromatic rings. The summed E-state index contributed by atoms with van der Waals surface area (Å²) in [6.45, 7) is 0.507. The van der Waals surface area contributed by atoms with Gasteiger partial charge in [-0.2, -0.15) is 15.0 Å². The molecule has 8 nitrogen and oxygen atoms in total. The van der Waals surface area contributed by atoms with E-state index in [4.69, 9.17) is 0 Å². The van der Waals surface area contributed by atoms with Gasteiger partial charge in [0.15, 0.2) is 5.69 Å². The first-order valence-electron chi connectivity index (χ1n) is 7.99. The van der Waals surface area contributed by atoms with E-state index in [1.165, 1.54) is 17.3 Å². The fraction of sp³-hybridized carbons (Fsp3) is 0.0556. The fourth-order valence-electron chi connectivity index (χ4n) is 2.51. The van der Waals surface area contributed by atoms with Crippen molar-refractivity contribution < 1.29 is 4.79 Å². The molecule has 0 fully saturated rings. The number of para-hydroxylation sites is 2. The summed E-state index contributed by atoms with van der Waals surface area (Å²) in [5, 5.41) is 15.4. The van der Waals surface area contributed by atoms with Crippen LogP contribution in [-0.2, 0) is 6.54 Å². The zero-order chi connectivity index (χ0) is 17.8. The number of nitrogens with zero attached hydrogens (tertiary/aromatic N) is 6. The van der Waals surface area contributed by atoms with Crippen LogP contribution in [0.1, 0.15) is 16.1 Å². The first-order chi connectivity index (χ1) is 12.8. The van der Waals surface area contributed by atoms with Crippen LogP contribution in [0, 0.1) is 0 Å². The molecule has 0 bridgehead atoms. The maximum Gasteiger partial charge on any atom is 0.277 e. The second kappa shape index (κ2) is 6.98. The van der Waals surface area contributed by atoms with Gasteiger partial charge >= 0.3 is 0 Å². The number of rotatable bonds is 5. The highest BCUT2D eigenvalue weighted by Crippen LogP contribution is 2.17. The van der Waals surface area contributed by atoms with E-state index in [-0.39, 0.29) is 11.6 Å². The van der Waals surface area contributed by atoms with Gasteiger partial charge in [0.25, 0.3) is 5.91 Å². The summed E-state index contributed by atoms with van der Waals surface area (Å²) in [4.78, 5) is 17.9. The zero-order valence-electron chi connectivity index (χ0n) is 13.7. The number of hydrogen-bond donors (Lipinski definition) is 1. The van der Waals surface area contributed by atoms with Crippen LogP contribution >= 0.6 is 0 Å². The van der Waals surface area contributed by atoms with Crippen molar-refractivity contribution in [1.29, 1.82) is 0 Å². The molecular weight excluding hydrogens is 330 g/mol. The molecule has 0 saturated carbocycles. The first-order valence-corrected chi connectivity index (χ1v) is 7.99. The highest BCUT2D eigenvalue weighted by atomic mass is 16.2. The van der Waals surface area contributed by atoms with Crippen molar-refractivity contribution in [2.24, 2.45) is 0 Å². The quantitative estimate of drug-likeness (QED) is 0.598. The molecule has 0 saturated heterocycles. The van der Waals surface area contributed by atoms with Gasteiger partial charge in [-0.25, -0.2) is 9.67 Å². The van der Waals surface area contributed by atoms with E-state index in [0.29, 0.717) is 12.2 Å². The molecule has 2 aromatic heterocycles. The minimum absolute atomic E-state index is 0.240. The van der Waals surface area contributed by atoms with Crippen molar-refractivity contribution in [3.8, 4) is 5.69 Å². The fourth-order valence-corrected chi connectivity index (χ4v) is 2.51. The minimum Gasteiger partial charge on any atom is -0.320 e. The molecule has 8 heteroatoms. The average Bonchev–Trinajstić information content (AvgIpc) is 3.36. The minimum atomic E-state index is -0.321. The lowest BCUT2D eigenvalue weighted by atomic mass is 10.1. The highest BCUT2D eigenvalue weighted by molar-refractivity contribution is 6.03. The summed E-state index contributed by atoms with van der Waals surface area (Å²) in [6, 6.07) is 17.0. The molecule has 2 heterocycles. The van der Waals surface area contributed by atoms with Gasteiger partial charge in [-0.05, 0) is 23.8 Å². The van der Waals surface area contributed by atoms with E-state index in [2.05, 4.69) is 25.6 Å². The van der Waals surface area contributed by atoms with Crippen LogP contribution in [0.5, 0.6) is 0 Å². The maximum absolute atomic E-state index is 12.6. The lowest BCUT2D eigenvalue weighted by molar-refractivity contribution is 0.102. The number of carbonyl (C=O) groups is 1. The summed E-state index contributed by atoms with van der Waals surface area (Å²) in [5.74, 6) is -0.321. The predicted molar refractivity (Wildman–Crippen MR) is 94.9 cm³/mol. The van der Waals surface area contributed by atoms with E-state index in [1.54, 1.807) is 11.0 Å². The molecule has 0 aliphatic heterocycles. The smallest absolute Gasteiger partial charge is 0.277 e. The molecule has 1 N–H and O–H groups in total. The Hall–Kier alpha value is -3.81. The van der Waals surface area contributed by atoms with Crippen LogP contribution in [0.15, 0.2) is 73.4 Å². The van der Waals surface area contributed by atoms with Crippen LogP contribution < -0.4 is 5.32 Å². The third kappa shape index (κ3) is 3.34. The molecule has 0 spiro atoms. The van der Waals surface area contributed by atoms with Gasteiger partial charge in [0.2, 0.25) is 0 Å². The Bertz CT molecular complexity index is 1010. The van der Waals surface area contributed by atoms with Crippen molar-refractivity contribution in [3.05, 3.63) is 84.7 Å². The van der Waals surface area contributed by atoms with Crippen LogP contribution in [0.25, 0.3) is 5.69 Å². The highest BCUT2D eigenvalue weighted by Gasteiger charge is 2.13. The van der Waals surface area contributed by atoms with Crippen molar-refractivity contribution in [3.63, 3.8) is 0 Å². The Morgan fingerprint density at radius 2 is 1.81 bits per heavy atom. The standard InChI is InChI=1S/C18H15N7O/c26-18(17-10-20-25(23-17)15-7-2-1-3-8-15)22-16-9-5-4-6-14(16)11-24-13-19-12-21-24/h1-10,12-13H,11H2,(H,22,26). The Morgan fingerprint density at radius 3 is 2.62 bits per heavy atom. The van der Waals surface area contributed by atoms with Crippen LogP contribution in [0.4, 0.5) is 5.69 Å². The third-order valence-corrected chi connectivity index (χ3v) is 3.78. The summed E-state index contributed by atoms with van der Waals surface area (Å²) >= 11 is 0. The van der Waals surface area contributed by atoms with E-state index in [0.717, 1.165) is 11.3 Å². The van der Waals surface area contributed by atoms with Gasteiger partial charge in [-0.15, -0.1) is 5.10 Å². The lowest BCUT2D eigenvalue weighted by Gasteiger charge is -2.10. The monoisotopic (exact) mass is 345 g/mol. The third-order valence-electron chi connectivity index (χ3n) is 3.78. The van der Waals surface area contributed by atoms with Crippen molar-refractivity contribution in [1.82, 2.24) is 29.8 Å². The Morgan fingerprint density at radius 1 is 1.00 bits per heavy atom. The number of anilines is 1. The summed E-state index contributed by atoms with van der Waals surface area (Å²) in [6.07, 6.45) is 4.55. The Labute approximate surface area is 149 Å². The van der Waals surface area contributed by atoms with Crippen LogP contribution in [0.3, 0.4) is 0 Å². The molecule has 0 aliphatic carbocycles. The predicted octanol–water partition coefficient (Wildman–Crippen LogP) is 2.16. The maximum atomic E-state index is 12.6. The van der Waals surface area contributed by atoms with E-state index in [1.807, 2.05) is 54.6 Å². The average molecular weight is 345 g/mol. The molecule has 128 valence electrons. The first kappa shape index (κ1) is 15.7. The van der Waals surface area contributed by atoms with Crippen molar-refractivity contribution >= 4 is 11.6 Å². The summed E-state index contributed by atoms with van der Waals surface area (Å²) in [7, 11) is 0. The van der Waals surface area contributed by atoms with E-state index >= 15 is 0 Å². The second-order valence-electron chi connectivity index (χ2n) is 5.56. The van der Waals surface area contributed by atoms with Gasteiger partial charge in [0.05, 0.1) is 18.4 Å². The SMILES string of the molecule is O=C(Nc1ccccc1Cn1cncn1)c1cnn(-c2ccccc2)n1. The van der Waals surface area contributed by atoms with Gasteiger partial charge in [-0.3, -0.25) is 4.79 Å². The largest absolute Gasteiger partial charge is 0.320 e.